The Balaban J connectivity index is 2.76. The Morgan fingerprint density at radius 3 is 2.22 bits per heavy atom. The van der Waals surface area contributed by atoms with E-state index in [4.69, 9.17) is 24.4 Å². The van der Waals surface area contributed by atoms with Crippen molar-refractivity contribution in [2.24, 2.45) is 0 Å². The Hall–Kier alpha value is -2.06. The standard InChI is InChI=1S/C10H6N4O2S2/c15-13-5-3-1-2-4-6(5)14(16)8-7(13)9(17)12-10(18)11-8/h1-4H,(H2,11,12,17,18). The number of aromatic nitrogens is 4. The van der Waals surface area contributed by atoms with Crippen LogP contribution in [0.3, 0.4) is 0 Å². The predicted octanol–water partition coefficient (Wildman–Crippen LogP) is 1.37. The van der Waals surface area contributed by atoms with Crippen molar-refractivity contribution in [3.8, 4) is 0 Å². The SMILES string of the molecule is [O-][n+]1c2ccccc2[n+]([O-])c2c(=S)[nH]c(=S)[nH]c21. The normalized spacial score (nSPS) is 11.1. The van der Waals surface area contributed by atoms with Crippen LogP contribution in [0.4, 0.5) is 0 Å². The first-order valence-corrected chi connectivity index (χ1v) is 5.81. The van der Waals surface area contributed by atoms with Gasteiger partial charge in [0.25, 0.3) is 10.3 Å². The van der Waals surface area contributed by atoms with E-state index in [-0.39, 0.29) is 31.6 Å². The molecule has 2 heterocycles. The number of hydrogen-bond acceptors (Lipinski definition) is 4. The highest BCUT2D eigenvalue weighted by molar-refractivity contribution is 7.72. The van der Waals surface area contributed by atoms with Gasteiger partial charge in [0.1, 0.15) is 0 Å². The molecule has 2 aromatic heterocycles. The van der Waals surface area contributed by atoms with Gasteiger partial charge in [0.05, 0.1) is 0 Å². The van der Waals surface area contributed by atoms with Gasteiger partial charge >= 0.3 is 11.2 Å². The fraction of sp³-hybridized carbons (Fsp3) is 0. The van der Waals surface area contributed by atoms with Crippen LogP contribution in [0.2, 0.25) is 0 Å². The number of benzene rings is 1. The van der Waals surface area contributed by atoms with Crippen molar-refractivity contribution in [1.82, 2.24) is 9.97 Å². The third-order valence-electron chi connectivity index (χ3n) is 2.62. The minimum atomic E-state index is 0.0532. The van der Waals surface area contributed by atoms with Crippen LogP contribution in [-0.2, 0) is 0 Å². The largest absolute Gasteiger partial charge is 0.710 e. The second kappa shape index (κ2) is 3.72. The summed E-state index contributed by atoms with van der Waals surface area (Å²) < 4.78 is 1.59. The first-order chi connectivity index (χ1) is 8.59. The molecule has 0 radical (unpaired) electrons. The van der Waals surface area contributed by atoms with Crippen molar-refractivity contribution in [3.63, 3.8) is 0 Å². The summed E-state index contributed by atoms with van der Waals surface area (Å²) in [5, 5.41) is 24.4. The molecule has 6 nitrogen and oxygen atoms in total. The fourth-order valence-corrected chi connectivity index (χ4v) is 2.40. The molecule has 2 N–H and O–H groups in total. The second-order valence-electron chi connectivity index (χ2n) is 3.68. The van der Waals surface area contributed by atoms with Crippen molar-refractivity contribution in [1.29, 1.82) is 0 Å². The summed E-state index contributed by atoms with van der Waals surface area (Å²) in [5.74, 6) is 0. The Morgan fingerprint density at radius 2 is 1.56 bits per heavy atom. The zero-order valence-electron chi connectivity index (χ0n) is 8.84. The van der Waals surface area contributed by atoms with Gasteiger partial charge in [0, 0.05) is 6.07 Å². The van der Waals surface area contributed by atoms with Crippen LogP contribution in [0.1, 0.15) is 0 Å². The Morgan fingerprint density at radius 1 is 0.944 bits per heavy atom. The Kier molecular flexibility index (Phi) is 2.28. The van der Waals surface area contributed by atoms with Gasteiger partial charge < -0.3 is 10.4 Å². The van der Waals surface area contributed by atoms with E-state index < -0.39 is 0 Å². The number of rotatable bonds is 0. The van der Waals surface area contributed by atoms with E-state index >= 15 is 0 Å². The molecule has 3 rings (SSSR count). The number of hydrogen-bond donors (Lipinski definition) is 2. The van der Waals surface area contributed by atoms with E-state index in [0.29, 0.717) is 9.46 Å². The average molecular weight is 278 g/mol. The molecule has 1 aromatic carbocycles. The van der Waals surface area contributed by atoms with Crippen LogP contribution in [0.15, 0.2) is 24.3 Å². The zero-order chi connectivity index (χ0) is 12.9. The summed E-state index contributed by atoms with van der Waals surface area (Å²) in [4.78, 5) is 5.30. The van der Waals surface area contributed by atoms with E-state index in [1.807, 2.05) is 0 Å². The van der Waals surface area contributed by atoms with E-state index in [1.54, 1.807) is 24.3 Å². The number of fused-ring (bicyclic) bond motifs is 2. The molecule has 0 aliphatic carbocycles. The van der Waals surface area contributed by atoms with Crippen molar-refractivity contribution in [2.45, 2.75) is 0 Å². The molecule has 0 fully saturated rings. The molecule has 3 aromatic rings. The molecular weight excluding hydrogens is 272 g/mol. The van der Waals surface area contributed by atoms with Gasteiger partial charge in [0.15, 0.2) is 4.64 Å². The summed E-state index contributed by atoms with van der Waals surface area (Å²) >= 11 is 9.95. The third kappa shape index (κ3) is 1.39. The maximum Gasteiger partial charge on any atom is 0.363 e. The van der Waals surface area contributed by atoms with E-state index in [0.717, 1.165) is 0 Å². The van der Waals surface area contributed by atoms with Gasteiger partial charge in [-0.2, -0.15) is 4.73 Å². The minimum Gasteiger partial charge on any atom is -0.710 e. The highest BCUT2D eigenvalue weighted by atomic mass is 32.1. The summed E-state index contributed by atoms with van der Waals surface area (Å²) in [7, 11) is 0. The monoisotopic (exact) mass is 278 g/mol. The summed E-state index contributed by atoms with van der Waals surface area (Å²) in [6.07, 6.45) is 0. The maximum absolute atomic E-state index is 12.2. The van der Waals surface area contributed by atoms with E-state index in [9.17, 15) is 10.4 Å². The summed E-state index contributed by atoms with van der Waals surface area (Å²) in [6.45, 7) is 0. The van der Waals surface area contributed by atoms with Gasteiger partial charge in [-0.3, -0.25) is 4.98 Å². The van der Waals surface area contributed by atoms with Crippen LogP contribution < -0.4 is 9.46 Å². The van der Waals surface area contributed by atoms with E-state index in [2.05, 4.69) is 9.97 Å². The lowest BCUT2D eigenvalue weighted by atomic mass is 10.3. The topological polar surface area (TPSA) is 85.5 Å². The predicted molar refractivity (Wildman–Crippen MR) is 69.7 cm³/mol. The number of nitrogens with one attached hydrogen (secondary N) is 2. The number of nitrogens with zero attached hydrogens (tertiary/aromatic N) is 2. The quantitative estimate of drug-likeness (QED) is 0.281. The molecule has 0 unspecified atom stereocenters. The number of H-pyrrole nitrogens is 2. The number of para-hydroxylation sites is 2. The van der Waals surface area contributed by atoms with Gasteiger partial charge in [-0.05, 0) is 18.3 Å². The van der Waals surface area contributed by atoms with Gasteiger partial charge in [-0.25, -0.2) is 9.71 Å². The van der Waals surface area contributed by atoms with Crippen LogP contribution in [0.25, 0.3) is 22.2 Å². The molecule has 0 amide bonds. The number of aromatic amines is 2. The lowest BCUT2D eigenvalue weighted by molar-refractivity contribution is -0.592. The van der Waals surface area contributed by atoms with Crippen LogP contribution in [0, 0.1) is 19.8 Å². The lowest BCUT2D eigenvalue weighted by Crippen LogP contribution is -2.40. The first-order valence-electron chi connectivity index (χ1n) is 5.00. The van der Waals surface area contributed by atoms with E-state index in [1.165, 1.54) is 0 Å². The molecule has 0 saturated heterocycles. The molecule has 8 heteroatoms. The second-order valence-corrected chi connectivity index (χ2v) is 4.50. The molecule has 0 atom stereocenters. The highest BCUT2D eigenvalue weighted by Gasteiger charge is 2.20. The van der Waals surface area contributed by atoms with Crippen molar-refractivity contribution >= 4 is 46.6 Å². The molecule has 90 valence electrons. The van der Waals surface area contributed by atoms with Crippen molar-refractivity contribution in [2.75, 3.05) is 0 Å². The van der Waals surface area contributed by atoms with Gasteiger partial charge in [-0.15, -0.1) is 0 Å². The van der Waals surface area contributed by atoms with Gasteiger partial charge in [-0.1, -0.05) is 24.4 Å². The molecular formula is C10H6N4O2S2. The highest BCUT2D eigenvalue weighted by Crippen LogP contribution is 2.10. The molecule has 0 aliphatic rings. The smallest absolute Gasteiger partial charge is 0.363 e. The minimum absolute atomic E-state index is 0.0532. The zero-order valence-corrected chi connectivity index (χ0v) is 10.5. The van der Waals surface area contributed by atoms with Crippen molar-refractivity contribution in [3.05, 3.63) is 44.1 Å². The molecule has 0 spiro atoms. The lowest BCUT2D eigenvalue weighted by Gasteiger charge is -2.09. The van der Waals surface area contributed by atoms with Gasteiger partial charge in [0.2, 0.25) is 5.52 Å². The molecule has 0 saturated carbocycles. The summed E-state index contributed by atoms with van der Waals surface area (Å²) in [6, 6.07) is 6.49. The summed E-state index contributed by atoms with van der Waals surface area (Å²) in [5.41, 5.74) is 0.640. The van der Waals surface area contributed by atoms with Crippen LogP contribution in [-0.4, -0.2) is 9.97 Å². The van der Waals surface area contributed by atoms with Crippen molar-refractivity contribution < 1.29 is 9.46 Å². The fourth-order valence-electron chi connectivity index (χ4n) is 1.85. The maximum atomic E-state index is 12.2. The Labute approximate surface area is 110 Å². The molecule has 0 aliphatic heterocycles. The first kappa shape index (κ1) is 11.1. The third-order valence-corrected chi connectivity index (χ3v) is 3.12. The molecule has 0 bridgehead atoms. The van der Waals surface area contributed by atoms with Crippen LogP contribution >= 0.6 is 24.4 Å². The Bertz CT molecular complexity index is 900. The average Bonchev–Trinajstić information content (AvgIpc) is 2.35. The molecule has 18 heavy (non-hydrogen) atoms. The van der Waals surface area contributed by atoms with Crippen LogP contribution in [0.5, 0.6) is 0 Å².